The number of aliphatic hydroxyl groups is 3. The molecule has 132 valence electrons. The zero-order valence-electron chi connectivity index (χ0n) is 15.4. The van der Waals surface area contributed by atoms with Gasteiger partial charge in [0, 0.05) is 46.0 Å². The van der Waals surface area contributed by atoms with E-state index in [0.717, 1.165) is 25.7 Å². The molecule has 0 spiro atoms. The molecular weight excluding hydrogens is 416 g/mol. The molecule has 1 rings (SSSR count). The van der Waals surface area contributed by atoms with Gasteiger partial charge in [0.1, 0.15) is 0 Å². The van der Waals surface area contributed by atoms with Crippen LogP contribution in [0.1, 0.15) is 46.5 Å². The van der Waals surface area contributed by atoms with E-state index in [9.17, 15) is 0 Å². The van der Waals surface area contributed by atoms with Crippen LogP contribution in [-0.2, 0) is 26.2 Å². The summed E-state index contributed by atoms with van der Waals surface area (Å²) in [6.45, 7) is 6.75. The van der Waals surface area contributed by atoms with Crippen LogP contribution < -0.4 is 0 Å². The zero-order valence-corrected chi connectivity index (χ0v) is 20.0. The van der Waals surface area contributed by atoms with Gasteiger partial charge in [-0.15, -0.1) is 0 Å². The van der Waals surface area contributed by atoms with E-state index in [1.165, 1.54) is 4.41 Å². The fourth-order valence-electron chi connectivity index (χ4n) is 0.920. The normalized spacial score (nSPS) is 11.6. The summed E-state index contributed by atoms with van der Waals surface area (Å²) in [7, 11) is 0. The predicted octanol–water partition coefficient (Wildman–Crippen LogP) is 3.72. The predicted molar refractivity (Wildman–Crippen MR) is 96.0 cm³/mol. The largest absolute Gasteiger partial charge is 0 e. The van der Waals surface area contributed by atoms with Crippen LogP contribution in [-0.4, -0.2) is 48.4 Å². The van der Waals surface area contributed by atoms with Crippen molar-refractivity contribution in [3.05, 3.63) is 22.6 Å². The van der Waals surface area contributed by atoms with Gasteiger partial charge < -0.3 is 15.3 Å². The van der Waals surface area contributed by atoms with E-state index < -0.39 is 13.3 Å². The van der Waals surface area contributed by atoms with Crippen LogP contribution >= 0.6 is 0 Å². The van der Waals surface area contributed by atoms with Gasteiger partial charge in [-0.25, -0.2) is 0 Å². The van der Waals surface area contributed by atoms with Crippen molar-refractivity contribution >= 4 is 13.3 Å². The third-order valence-corrected chi connectivity index (χ3v) is 6.28. The van der Waals surface area contributed by atoms with E-state index in [2.05, 4.69) is 35.5 Å². The van der Waals surface area contributed by atoms with Crippen LogP contribution in [0.25, 0.3) is 0 Å². The molecule has 0 radical (unpaired) electrons. The smallest absolute Gasteiger partial charge is 0 e. The summed E-state index contributed by atoms with van der Waals surface area (Å²) in [6, 6.07) is 0. The summed E-state index contributed by atoms with van der Waals surface area (Å²) < 4.78 is 1.54. The maximum atomic E-state index is 7.88. The summed E-state index contributed by atoms with van der Waals surface area (Å²) in [6.07, 6.45) is 11.5. The van der Waals surface area contributed by atoms with Crippen molar-refractivity contribution in [2.24, 2.45) is 0 Å². The maximum Gasteiger partial charge on any atom is 0 e. The van der Waals surface area contributed by atoms with Crippen LogP contribution in [0.2, 0.25) is 17.3 Å². The van der Waals surface area contributed by atoms with Gasteiger partial charge in [-0.05, 0) is 19.3 Å². The molecule has 0 aromatic heterocycles. The molecule has 0 bridgehead atoms. The second kappa shape index (κ2) is 24.0. The average Bonchev–Trinajstić information content (AvgIpc) is 3.02. The SMILES string of the molecule is CCCO.CCCO.CCCO.[CH3][Ge]([CH3])([CH3])[C]1=[C-]CC=C1.[Zr]. The summed E-state index contributed by atoms with van der Waals surface area (Å²) in [5, 5.41) is 23.6. The van der Waals surface area contributed by atoms with Crippen LogP contribution in [0.4, 0.5) is 0 Å². The fourth-order valence-corrected chi connectivity index (χ4v) is 3.54. The topological polar surface area (TPSA) is 60.7 Å². The fraction of sp³-hybridized carbons (Fsp3) is 0.765. The molecule has 1 aliphatic rings. The van der Waals surface area contributed by atoms with E-state index in [1.54, 1.807) is 0 Å². The zero-order chi connectivity index (χ0) is 17.1. The Balaban J connectivity index is -0.000000107. The second-order valence-electron chi connectivity index (χ2n) is 5.62. The summed E-state index contributed by atoms with van der Waals surface area (Å²) >= 11 is -1.46. The molecule has 0 aromatic carbocycles. The van der Waals surface area contributed by atoms with Crippen molar-refractivity contribution in [1.82, 2.24) is 0 Å². The standard InChI is InChI=1S/C8H13Ge.3C3H8O.Zr/c1-9(2,3)8-6-4-5-7-8;3*1-2-3-4;/h4,6H,5H2,1-3H3;3*4H,2-3H2,1H3;/q-1;;;;. The van der Waals surface area contributed by atoms with Crippen LogP contribution in [0, 0.1) is 6.08 Å². The Bertz CT molecular complexity index is 233. The molecule has 0 aliphatic heterocycles. The number of allylic oxidation sites excluding steroid dienone is 4. The first kappa shape index (κ1) is 30.6. The van der Waals surface area contributed by atoms with Gasteiger partial charge in [-0.3, -0.25) is 0 Å². The van der Waals surface area contributed by atoms with Crippen molar-refractivity contribution in [2.45, 2.75) is 63.7 Å². The molecule has 1 aliphatic carbocycles. The van der Waals surface area contributed by atoms with Crippen molar-refractivity contribution in [1.29, 1.82) is 0 Å². The van der Waals surface area contributed by atoms with Crippen molar-refractivity contribution < 1.29 is 41.5 Å². The van der Waals surface area contributed by atoms with Crippen LogP contribution in [0.15, 0.2) is 16.6 Å². The Morgan fingerprint density at radius 1 is 0.909 bits per heavy atom. The summed E-state index contributed by atoms with van der Waals surface area (Å²) in [5.41, 5.74) is 0. The Hall–Kier alpha value is 0.786. The van der Waals surface area contributed by atoms with Gasteiger partial charge in [-0.1, -0.05) is 20.8 Å². The molecule has 0 saturated heterocycles. The molecule has 22 heavy (non-hydrogen) atoms. The molecule has 3 nitrogen and oxygen atoms in total. The van der Waals surface area contributed by atoms with Gasteiger partial charge in [0.25, 0.3) is 0 Å². The molecule has 0 saturated carbocycles. The average molecular weight is 453 g/mol. The van der Waals surface area contributed by atoms with E-state index in [1.807, 2.05) is 20.8 Å². The van der Waals surface area contributed by atoms with Crippen molar-refractivity contribution in [3.63, 3.8) is 0 Å². The molecule has 0 aromatic rings. The third kappa shape index (κ3) is 28.9. The Kier molecular flexibility index (Phi) is 33.5. The van der Waals surface area contributed by atoms with Crippen molar-refractivity contribution in [2.75, 3.05) is 19.8 Å². The molecule has 0 fully saturated rings. The quantitative estimate of drug-likeness (QED) is 0.450. The van der Waals surface area contributed by atoms with E-state index in [-0.39, 0.29) is 26.2 Å². The number of hydrogen-bond acceptors (Lipinski definition) is 3. The number of aliphatic hydroxyl groups excluding tert-OH is 3. The van der Waals surface area contributed by atoms with Gasteiger partial charge in [0.2, 0.25) is 0 Å². The minimum Gasteiger partial charge on any atom is 0 e. The number of rotatable bonds is 4. The van der Waals surface area contributed by atoms with Gasteiger partial charge >= 0.3 is 59.6 Å². The monoisotopic (exact) mass is 453 g/mol. The molecule has 5 heteroatoms. The van der Waals surface area contributed by atoms with Crippen LogP contribution in [0.3, 0.4) is 0 Å². The molecule has 0 amide bonds. The minimum atomic E-state index is -1.46. The summed E-state index contributed by atoms with van der Waals surface area (Å²) in [4.78, 5) is 0. The second-order valence-corrected chi connectivity index (χ2v) is 16.2. The first-order valence-electron chi connectivity index (χ1n) is 7.95. The first-order chi connectivity index (χ1) is 9.85. The molecule has 3 N–H and O–H groups in total. The first-order valence-corrected chi connectivity index (χ1v) is 15.3. The minimum absolute atomic E-state index is 0. The van der Waals surface area contributed by atoms with E-state index in [4.69, 9.17) is 15.3 Å². The molecular formula is C17H37GeO3Zr-. The van der Waals surface area contributed by atoms with Crippen LogP contribution in [0.5, 0.6) is 0 Å². The molecule has 0 atom stereocenters. The van der Waals surface area contributed by atoms with E-state index in [0.29, 0.717) is 19.8 Å². The van der Waals surface area contributed by atoms with Gasteiger partial charge in [0.05, 0.1) is 0 Å². The van der Waals surface area contributed by atoms with Crippen molar-refractivity contribution in [3.8, 4) is 0 Å². The molecule has 0 unspecified atom stereocenters. The Labute approximate surface area is 160 Å². The van der Waals surface area contributed by atoms with Gasteiger partial charge in [0.15, 0.2) is 0 Å². The maximum absolute atomic E-state index is 7.88. The van der Waals surface area contributed by atoms with E-state index >= 15 is 0 Å². The Morgan fingerprint density at radius 3 is 1.32 bits per heavy atom. The molecule has 0 heterocycles. The Morgan fingerprint density at radius 2 is 1.23 bits per heavy atom. The third-order valence-electron chi connectivity index (χ3n) is 2.17. The summed E-state index contributed by atoms with van der Waals surface area (Å²) in [5.74, 6) is 7.20. The van der Waals surface area contributed by atoms with Gasteiger partial charge in [-0.2, -0.15) is 0 Å². The number of hydrogen-bond donors (Lipinski definition) is 3.